The van der Waals surface area contributed by atoms with Crippen LogP contribution in [0.4, 0.5) is 8.78 Å². The molecule has 0 aliphatic carbocycles. The predicted molar refractivity (Wildman–Crippen MR) is 136 cm³/mol. The molecule has 0 radical (unpaired) electrons. The van der Waals surface area contributed by atoms with Gasteiger partial charge in [-0.3, -0.25) is 9.69 Å². The van der Waals surface area contributed by atoms with E-state index in [0.29, 0.717) is 32.6 Å². The molecule has 4 nitrogen and oxygen atoms in total. The molecular weight excluding hydrogens is 446 g/mol. The number of esters is 1. The highest BCUT2D eigenvalue weighted by atomic mass is 19.3. The maximum absolute atomic E-state index is 13.7. The van der Waals surface area contributed by atoms with Gasteiger partial charge < -0.3 is 9.64 Å². The van der Waals surface area contributed by atoms with E-state index in [1.807, 2.05) is 57.2 Å². The first-order valence-electron chi connectivity index (χ1n) is 12.7. The molecule has 6 heteroatoms. The summed E-state index contributed by atoms with van der Waals surface area (Å²) in [5.74, 6) is -2.79. The number of halogens is 2. The Labute approximate surface area is 209 Å². The summed E-state index contributed by atoms with van der Waals surface area (Å²) in [5, 5.41) is 0. The van der Waals surface area contributed by atoms with Gasteiger partial charge in [0.25, 0.3) is 5.92 Å². The van der Waals surface area contributed by atoms with Crippen LogP contribution >= 0.6 is 0 Å². The first kappa shape index (κ1) is 27.3. The third kappa shape index (κ3) is 9.01. The number of benzene rings is 2. The fraction of sp³-hybridized carbons (Fsp3) is 0.552. The van der Waals surface area contributed by atoms with Crippen LogP contribution in [0, 0.1) is 0 Å². The zero-order chi connectivity index (χ0) is 25.5. The SMILES string of the molecule is C[C@@H](c1ccccc1)N(Cc1ccccc1)C(CCN1CCC(F)(F)CC1)CC(=O)OC(C)(C)C. The third-order valence-corrected chi connectivity index (χ3v) is 6.64. The summed E-state index contributed by atoms with van der Waals surface area (Å²) in [6, 6.07) is 20.5. The van der Waals surface area contributed by atoms with Gasteiger partial charge in [0.2, 0.25) is 0 Å². The van der Waals surface area contributed by atoms with Crippen molar-refractivity contribution < 1.29 is 18.3 Å². The minimum Gasteiger partial charge on any atom is -0.460 e. The zero-order valence-corrected chi connectivity index (χ0v) is 21.6. The molecule has 1 aliphatic rings. The third-order valence-electron chi connectivity index (χ3n) is 6.64. The molecule has 3 rings (SSSR count). The Kier molecular flexibility index (Phi) is 9.42. The van der Waals surface area contributed by atoms with Gasteiger partial charge in [0, 0.05) is 44.6 Å². The van der Waals surface area contributed by atoms with E-state index in [1.165, 1.54) is 11.1 Å². The Morgan fingerprint density at radius 2 is 1.60 bits per heavy atom. The molecule has 0 spiro atoms. The van der Waals surface area contributed by atoms with E-state index in [9.17, 15) is 13.6 Å². The van der Waals surface area contributed by atoms with Gasteiger partial charge in [-0.2, -0.15) is 0 Å². The summed E-state index contributed by atoms with van der Waals surface area (Å²) < 4.78 is 33.0. The maximum Gasteiger partial charge on any atom is 0.307 e. The lowest BCUT2D eigenvalue weighted by molar-refractivity contribution is -0.156. The van der Waals surface area contributed by atoms with Gasteiger partial charge >= 0.3 is 5.97 Å². The van der Waals surface area contributed by atoms with E-state index in [0.717, 1.165) is 0 Å². The normalized spacial score (nSPS) is 18.3. The minimum absolute atomic E-state index is 0.0644. The van der Waals surface area contributed by atoms with Crippen LogP contribution in [0.15, 0.2) is 60.7 Å². The van der Waals surface area contributed by atoms with Crippen molar-refractivity contribution in [2.75, 3.05) is 19.6 Å². The monoisotopic (exact) mass is 486 g/mol. The van der Waals surface area contributed by atoms with Crippen LogP contribution in [-0.2, 0) is 16.1 Å². The lowest BCUT2D eigenvalue weighted by Crippen LogP contribution is -2.44. The van der Waals surface area contributed by atoms with Crippen LogP contribution in [0.2, 0.25) is 0 Å². The molecule has 1 heterocycles. The molecule has 1 saturated heterocycles. The number of carbonyl (C=O) groups is 1. The molecule has 0 amide bonds. The second-order valence-electron chi connectivity index (χ2n) is 10.7. The number of rotatable bonds is 10. The Bertz CT molecular complexity index is 905. The van der Waals surface area contributed by atoms with E-state index < -0.39 is 11.5 Å². The molecule has 0 N–H and O–H groups in total. The number of nitrogens with zero attached hydrogens (tertiary/aromatic N) is 2. The topological polar surface area (TPSA) is 32.8 Å². The number of carbonyl (C=O) groups excluding carboxylic acids is 1. The van der Waals surface area contributed by atoms with Gasteiger partial charge in [0.05, 0.1) is 6.42 Å². The van der Waals surface area contributed by atoms with Crippen molar-refractivity contribution in [1.82, 2.24) is 9.80 Å². The van der Waals surface area contributed by atoms with Gasteiger partial charge in [-0.15, -0.1) is 0 Å². The Hall–Kier alpha value is -2.31. The van der Waals surface area contributed by atoms with E-state index in [-0.39, 0.29) is 37.3 Å². The quantitative estimate of drug-likeness (QED) is 0.360. The first-order valence-corrected chi connectivity index (χ1v) is 12.7. The van der Waals surface area contributed by atoms with Crippen molar-refractivity contribution in [2.45, 2.75) is 83.5 Å². The minimum atomic E-state index is -2.56. The predicted octanol–water partition coefficient (Wildman–Crippen LogP) is 6.47. The van der Waals surface area contributed by atoms with Gasteiger partial charge in [-0.1, -0.05) is 60.7 Å². The highest BCUT2D eigenvalue weighted by Gasteiger charge is 2.35. The van der Waals surface area contributed by atoms with Crippen molar-refractivity contribution in [2.24, 2.45) is 0 Å². The molecule has 2 atom stereocenters. The molecule has 35 heavy (non-hydrogen) atoms. The average molecular weight is 487 g/mol. The molecular formula is C29H40F2N2O2. The number of alkyl halides is 2. The fourth-order valence-electron chi connectivity index (χ4n) is 4.70. The lowest BCUT2D eigenvalue weighted by Gasteiger charge is -2.39. The zero-order valence-electron chi connectivity index (χ0n) is 21.6. The smallest absolute Gasteiger partial charge is 0.307 e. The van der Waals surface area contributed by atoms with Crippen LogP contribution in [0.25, 0.3) is 0 Å². The standard InChI is InChI=1S/C29H40F2N2O2/c1-23(25-13-9-6-10-14-25)33(22-24-11-7-5-8-12-24)26(21-27(34)35-28(2,3)4)15-18-32-19-16-29(30,31)17-20-32/h5-14,23,26H,15-22H2,1-4H3/t23-,26?/m0/s1. The summed E-state index contributed by atoms with van der Waals surface area (Å²) in [4.78, 5) is 17.4. The maximum atomic E-state index is 13.7. The van der Waals surface area contributed by atoms with Crippen molar-refractivity contribution in [3.05, 3.63) is 71.8 Å². The lowest BCUT2D eigenvalue weighted by atomic mass is 9.99. The van der Waals surface area contributed by atoms with E-state index in [4.69, 9.17) is 4.74 Å². The molecule has 1 unspecified atom stereocenters. The number of likely N-dealkylation sites (tertiary alicyclic amines) is 1. The first-order chi connectivity index (χ1) is 16.5. The second-order valence-corrected chi connectivity index (χ2v) is 10.7. The molecule has 0 aromatic heterocycles. The molecule has 1 fully saturated rings. The highest BCUT2D eigenvalue weighted by molar-refractivity contribution is 5.70. The van der Waals surface area contributed by atoms with Crippen LogP contribution < -0.4 is 0 Å². The summed E-state index contributed by atoms with van der Waals surface area (Å²) >= 11 is 0. The fourth-order valence-corrected chi connectivity index (χ4v) is 4.70. The van der Waals surface area contributed by atoms with Gasteiger partial charge in [-0.25, -0.2) is 8.78 Å². The van der Waals surface area contributed by atoms with Crippen molar-refractivity contribution in [3.8, 4) is 0 Å². The number of piperidine rings is 1. The molecule has 2 aromatic rings. The van der Waals surface area contributed by atoms with Crippen LogP contribution in [0.5, 0.6) is 0 Å². The number of hydrogen-bond acceptors (Lipinski definition) is 4. The van der Waals surface area contributed by atoms with Crippen molar-refractivity contribution >= 4 is 5.97 Å². The van der Waals surface area contributed by atoms with Gasteiger partial charge in [-0.05, 0) is 51.8 Å². The molecule has 0 bridgehead atoms. The molecule has 2 aromatic carbocycles. The highest BCUT2D eigenvalue weighted by Crippen LogP contribution is 2.30. The summed E-state index contributed by atoms with van der Waals surface area (Å²) in [6.07, 6.45) is 0.760. The van der Waals surface area contributed by atoms with Crippen LogP contribution in [0.1, 0.15) is 70.5 Å². The summed E-state index contributed by atoms with van der Waals surface area (Å²) in [5.41, 5.74) is 1.78. The largest absolute Gasteiger partial charge is 0.460 e. The second kappa shape index (κ2) is 12.1. The molecule has 192 valence electrons. The van der Waals surface area contributed by atoms with E-state index in [1.54, 1.807) is 0 Å². The van der Waals surface area contributed by atoms with E-state index in [2.05, 4.69) is 41.0 Å². The van der Waals surface area contributed by atoms with Crippen molar-refractivity contribution in [1.29, 1.82) is 0 Å². The number of hydrogen-bond donors (Lipinski definition) is 0. The summed E-state index contributed by atoms with van der Waals surface area (Å²) in [7, 11) is 0. The Morgan fingerprint density at radius 3 is 2.17 bits per heavy atom. The van der Waals surface area contributed by atoms with Crippen LogP contribution in [0.3, 0.4) is 0 Å². The number of ether oxygens (including phenoxy) is 1. The molecule has 0 saturated carbocycles. The average Bonchev–Trinajstić information content (AvgIpc) is 2.81. The Balaban J connectivity index is 1.83. The van der Waals surface area contributed by atoms with Crippen LogP contribution in [-0.4, -0.2) is 53.0 Å². The van der Waals surface area contributed by atoms with Gasteiger partial charge in [0.1, 0.15) is 5.60 Å². The van der Waals surface area contributed by atoms with Crippen molar-refractivity contribution in [3.63, 3.8) is 0 Å². The van der Waals surface area contributed by atoms with E-state index >= 15 is 0 Å². The Morgan fingerprint density at radius 1 is 1.03 bits per heavy atom. The summed E-state index contributed by atoms with van der Waals surface area (Å²) in [6.45, 7) is 9.94. The molecule has 1 aliphatic heterocycles. The van der Waals surface area contributed by atoms with Gasteiger partial charge in [0.15, 0.2) is 0 Å².